The molecule has 0 spiro atoms. The molecule has 120 valence electrons. The van der Waals surface area contributed by atoms with E-state index >= 15 is 0 Å². The summed E-state index contributed by atoms with van der Waals surface area (Å²) in [6, 6.07) is 3.66. The molecule has 0 aliphatic heterocycles. The normalized spacial score (nSPS) is 15.0. The number of ether oxygens (including phenoxy) is 2. The fraction of sp³-hybridized carbons (Fsp3) is 0.467. The van der Waals surface area contributed by atoms with Gasteiger partial charge in [0.15, 0.2) is 13.2 Å². The van der Waals surface area contributed by atoms with Crippen LogP contribution in [0.25, 0.3) is 0 Å². The van der Waals surface area contributed by atoms with Crippen LogP contribution in [0.1, 0.15) is 19.8 Å². The van der Waals surface area contributed by atoms with E-state index in [1.807, 2.05) is 6.92 Å². The first-order chi connectivity index (χ1) is 10.5. The number of halogens is 2. The Morgan fingerprint density at radius 3 is 2.77 bits per heavy atom. The molecule has 7 heteroatoms. The number of benzene rings is 1. The average molecular weight is 330 g/mol. The standard InChI is InChI=1S/C15H17ClFNO4/c1-9(10-2-3-10)18-14(19)7-22-15(20)8-21-13-5-4-11(17)6-12(13)16/h4-6,9-10H,2-3,7-8H2,1H3,(H,18,19)/t9-/m1/s1. The van der Waals surface area contributed by atoms with E-state index in [0.717, 1.165) is 18.9 Å². The van der Waals surface area contributed by atoms with Crippen LogP contribution in [0.2, 0.25) is 5.02 Å². The highest BCUT2D eigenvalue weighted by molar-refractivity contribution is 6.32. The third-order valence-corrected chi connectivity index (χ3v) is 3.62. The van der Waals surface area contributed by atoms with Crippen molar-refractivity contribution in [3.05, 3.63) is 29.0 Å². The van der Waals surface area contributed by atoms with Gasteiger partial charge in [-0.05, 0) is 43.9 Å². The molecule has 0 bridgehead atoms. The minimum atomic E-state index is -0.699. The molecule has 1 aromatic carbocycles. The summed E-state index contributed by atoms with van der Waals surface area (Å²) in [6.07, 6.45) is 2.24. The van der Waals surface area contributed by atoms with Crippen molar-refractivity contribution >= 4 is 23.5 Å². The van der Waals surface area contributed by atoms with Gasteiger partial charge in [-0.15, -0.1) is 0 Å². The Labute approximate surface area is 132 Å². The van der Waals surface area contributed by atoms with Gasteiger partial charge in [-0.1, -0.05) is 11.6 Å². The lowest BCUT2D eigenvalue weighted by atomic mass is 10.2. The van der Waals surface area contributed by atoms with Crippen LogP contribution in [0.3, 0.4) is 0 Å². The largest absolute Gasteiger partial charge is 0.480 e. The first kappa shape index (κ1) is 16.5. The quantitative estimate of drug-likeness (QED) is 0.780. The first-order valence-corrected chi connectivity index (χ1v) is 7.36. The predicted octanol–water partition coefficient (Wildman–Crippen LogP) is 2.32. The van der Waals surface area contributed by atoms with Crippen molar-refractivity contribution in [1.82, 2.24) is 5.32 Å². The van der Waals surface area contributed by atoms with Gasteiger partial charge in [0, 0.05) is 6.04 Å². The highest BCUT2D eigenvalue weighted by atomic mass is 35.5. The van der Waals surface area contributed by atoms with Crippen molar-refractivity contribution < 1.29 is 23.5 Å². The fourth-order valence-corrected chi connectivity index (χ4v) is 2.15. The molecule has 0 radical (unpaired) electrons. The van der Waals surface area contributed by atoms with E-state index in [1.165, 1.54) is 12.1 Å². The molecular weight excluding hydrogens is 313 g/mol. The van der Waals surface area contributed by atoms with Gasteiger partial charge in [0.25, 0.3) is 5.91 Å². The molecule has 1 amide bonds. The molecule has 2 rings (SSSR count). The highest BCUT2D eigenvalue weighted by Crippen LogP contribution is 2.32. The molecule has 1 atom stereocenters. The van der Waals surface area contributed by atoms with E-state index in [4.69, 9.17) is 21.1 Å². The summed E-state index contributed by atoms with van der Waals surface area (Å²) >= 11 is 5.75. The molecule has 1 aliphatic rings. The van der Waals surface area contributed by atoms with Crippen LogP contribution in [0.15, 0.2) is 18.2 Å². The minimum Gasteiger partial charge on any atom is -0.480 e. The number of nitrogens with one attached hydrogen (secondary N) is 1. The maximum atomic E-state index is 12.8. The van der Waals surface area contributed by atoms with Gasteiger partial charge in [0.2, 0.25) is 0 Å². The molecule has 1 aromatic rings. The minimum absolute atomic E-state index is 0.0591. The molecule has 0 heterocycles. The molecule has 1 N–H and O–H groups in total. The highest BCUT2D eigenvalue weighted by Gasteiger charge is 2.28. The average Bonchev–Trinajstić information content (AvgIpc) is 3.28. The third kappa shape index (κ3) is 5.18. The Morgan fingerprint density at radius 2 is 2.14 bits per heavy atom. The van der Waals surface area contributed by atoms with E-state index in [-0.39, 0.29) is 29.3 Å². The van der Waals surface area contributed by atoms with Gasteiger partial charge in [-0.2, -0.15) is 0 Å². The molecule has 0 saturated heterocycles. The van der Waals surface area contributed by atoms with Gasteiger partial charge < -0.3 is 14.8 Å². The summed E-state index contributed by atoms with van der Waals surface area (Å²) in [5.74, 6) is -0.834. The number of rotatable bonds is 7. The van der Waals surface area contributed by atoms with E-state index in [2.05, 4.69) is 5.32 Å². The Bertz CT molecular complexity index is 562. The van der Waals surface area contributed by atoms with E-state index in [9.17, 15) is 14.0 Å². The van der Waals surface area contributed by atoms with Crippen molar-refractivity contribution in [1.29, 1.82) is 0 Å². The smallest absolute Gasteiger partial charge is 0.344 e. The van der Waals surface area contributed by atoms with Gasteiger partial charge in [-0.25, -0.2) is 9.18 Å². The molecular formula is C15H17ClFNO4. The number of hydrogen-bond donors (Lipinski definition) is 1. The van der Waals surface area contributed by atoms with Crippen LogP contribution in [0.4, 0.5) is 4.39 Å². The van der Waals surface area contributed by atoms with Crippen molar-refractivity contribution in [2.45, 2.75) is 25.8 Å². The number of carbonyl (C=O) groups excluding carboxylic acids is 2. The molecule has 5 nitrogen and oxygen atoms in total. The van der Waals surface area contributed by atoms with Crippen LogP contribution >= 0.6 is 11.6 Å². The molecule has 1 saturated carbocycles. The molecule has 1 aliphatic carbocycles. The summed E-state index contributed by atoms with van der Waals surface area (Å²) in [4.78, 5) is 23.1. The van der Waals surface area contributed by atoms with Crippen molar-refractivity contribution in [3.8, 4) is 5.75 Å². The van der Waals surface area contributed by atoms with Gasteiger partial charge in [0.05, 0.1) is 5.02 Å². The summed E-state index contributed by atoms with van der Waals surface area (Å²) in [5, 5.41) is 2.83. The number of amides is 1. The SMILES string of the molecule is C[C@@H](NC(=O)COC(=O)COc1ccc(F)cc1Cl)C1CC1. The number of carbonyl (C=O) groups is 2. The Hall–Kier alpha value is -1.82. The third-order valence-electron chi connectivity index (χ3n) is 3.32. The fourth-order valence-electron chi connectivity index (χ4n) is 1.93. The van der Waals surface area contributed by atoms with E-state index in [1.54, 1.807) is 0 Å². The Kier molecular flexibility index (Phi) is 5.60. The maximum absolute atomic E-state index is 12.8. The maximum Gasteiger partial charge on any atom is 0.344 e. The second-order valence-corrected chi connectivity index (χ2v) is 5.62. The number of hydrogen-bond acceptors (Lipinski definition) is 4. The lowest BCUT2D eigenvalue weighted by Crippen LogP contribution is -2.37. The van der Waals surface area contributed by atoms with Gasteiger partial charge in [-0.3, -0.25) is 4.79 Å². The lowest BCUT2D eigenvalue weighted by Gasteiger charge is -2.13. The van der Waals surface area contributed by atoms with E-state index in [0.29, 0.717) is 5.92 Å². The molecule has 0 unspecified atom stereocenters. The summed E-state index contributed by atoms with van der Waals surface area (Å²) < 4.78 is 22.8. The second kappa shape index (κ2) is 7.45. The zero-order valence-electron chi connectivity index (χ0n) is 12.1. The summed E-state index contributed by atoms with van der Waals surface area (Å²) in [5.41, 5.74) is 0. The van der Waals surface area contributed by atoms with Crippen LogP contribution < -0.4 is 10.1 Å². The second-order valence-electron chi connectivity index (χ2n) is 5.22. The zero-order chi connectivity index (χ0) is 16.1. The molecule has 0 aromatic heterocycles. The summed E-state index contributed by atoms with van der Waals surface area (Å²) in [6.45, 7) is 1.17. The van der Waals surface area contributed by atoms with Crippen LogP contribution in [-0.4, -0.2) is 31.1 Å². The summed E-state index contributed by atoms with van der Waals surface area (Å²) in [7, 11) is 0. The predicted molar refractivity (Wildman–Crippen MR) is 78.2 cm³/mol. The van der Waals surface area contributed by atoms with Crippen LogP contribution in [0, 0.1) is 11.7 Å². The van der Waals surface area contributed by atoms with Crippen molar-refractivity contribution in [3.63, 3.8) is 0 Å². The number of esters is 1. The van der Waals surface area contributed by atoms with Crippen molar-refractivity contribution in [2.75, 3.05) is 13.2 Å². The monoisotopic (exact) mass is 329 g/mol. The molecule has 1 fully saturated rings. The van der Waals surface area contributed by atoms with Gasteiger partial charge >= 0.3 is 5.97 Å². The van der Waals surface area contributed by atoms with E-state index < -0.39 is 18.4 Å². The first-order valence-electron chi connectivity index (χ1n) is 6.98. The van der Waals surface area contributed by atoms with Crippen LogP contribution in [0.5, 0.6) is 5.75 Å². The van der Waals surface area contributed by atoms with Crippen LogP contribution in [-0.2, 0) is 14.3 Å². The van der Waals surface area contributed by atoms with Gasteiger partial charge in [0.1, 0.15) is 11.6 Å². The molecule has 22 heavy (non-hydrogen) atoms. The Balaban J connectivity index is 1.67. The topological polar surface area (TPSA) is 64.6 Å². The Morgan fingerprint density at radius 1 is 1.41 bits per heavy atom. The lowest BCUT2D eigenvalue weighted by molar-refractivity contribution is -0.150. The van der Waals surface area contributed by atoms with Crippen molar-refractivity contribution in [2.24, 2.45) is 5.92 Å². The zero-order valence-corrected chi connectivity index (χ0v) is 12.9.